The summed E-state index contributed by atoms with van der Waals surface area (Å²) in [6.07, 6.45) is -0.380. The van der Waals surface area contributed by atoms with Crippen LogP contribution in [0.1, 0.15) is 0 Å². The van der Waals surface area contributed by atoms with E-state index in [-0.39, 0.29) is 25.7 Å². The van der Waals surface area contributed by atoms with Crippen LogP contribution in [0.3, 0.4) is 0 Å². The lowest BCUT2D eigenvalue weighted by molar-refractivity contribution is 0.138. The molecule has 0 unspecified atom stereocenters. The molecule has 0 radical (unpaired) electrons. The fourth-order valence-electron chi connectivity index (χ4n) is 1.77. The number of rotatable bonds is 4. The van der Waals surface area contributed by atoms with Crippen molar-refractivity contribution >= 4 is 25.3 Å². The average molecular weight is 270 g/mol. The fourth-order valence-corrected chi connectivity index (χ4v) is 1.77. The van der Waals surface area contributed by atoms with Crippen molar-refractivity contribution in [2.24, 2.45) is 0 Å². The van der Waals surface area contributed by atoms with Crippen molar-refractivity contribution in [1.29, 1.82) is 0 Å². The second-order valence-corrected chi connectivity index (χ2v) is 3.97. The summed E-state index contributed by atoms with van der Waals surface area (Å²) in [5.74, 6) is 0.783. The van der Waals surface area contributed by atoms with E-state index in [1.807, 2.05) is 24.3 Å². The number of hydrogen-bond donors (Lipinski definition) is 1. The van der Waals surface area contributed by atoms with E-state index in [4.69, 9.17) is 9.47 Å². The number of carbonyl (C=O) groups is 1. The largest absolute Gasteiger partial charge is 0.495 e. The molecule has 0 saturated carbocycles. The van der Waals surface area contributed by atoms with Gasteiger partial charge in [-0.15, -0.1) is 0 Å². The van der Waals surface area contributed by atoms with Gasteiger partial charge in [0.25, 0.3) is 0 Å². The van der Waals surface area contributed by atoms with E-state index in [2.05, 4.69) is 5.32 Å². The van der Waals surface area contributed by atoms with Crippen LogP contribution in [0.5, 0.6) is 5.75 Å². The highest BCUT2D eigenvalue weighted by atomic mass is 32.1. The Morgan fingerprint density at radius 1 is 1.50 bits per heavy atom. The van der Waals surface area contributed by atoms with E-state index in [1.165, 1.54) is 0 Å². The highest BCUT2D eigenvalue weighted by Crippen LogP contribution is 2.23. The Morgan fingerprint density at radius 3 is 2.83 bits per heavy atom. The standard InChI is InChI=1S/C12H16N2O3.H2S/c1-14-8-9(17-12(14)15)7-13-10-5-3-4-6-11(10)16-2;/h3-6,9,13H,7-8H2,1-2H3;1H2/t9-;/m0./s1. The van der Waals surface area contributed by atoms with Crippen molar-refractivity contribution in [3.63, 3.8) is 0 Å². The third-order valence-corrected chi connectivity index (χ3v) is 2.68. The van der Waals surface area contributed by atoms with E-state index < -0.39 is 0 Å². The number of hydrogen-bond acceptors (Lipinski definition) is 4. The lowest BCUT2D eigenvalue weighted by Crippen LogP contribution is -2.24. The number of cyclic esters (lactones) is 1. The Hall–Kier alpha value is -1.56. The molecular formula is C12H18N2O3S. The maximum absolute atomic E-state index is 11.2. The molecule has 1 aromatic rings. The molecule has 1 aliphatic rings. The van der Waals surface area contributed by atoms with Crippen molar-refractivity contribution in [2.45, 2.75) is 6.10 Å². The first-order valence-electron chi connectivity index (χ1n) is 5.49. The summed E-state index contributed by atoms with van der Waals surface area (Å²) in [4.78, 5) is 12.7. The molecule has 0 spiro atoms. The summed E-state index contributed by atoms with van der Waals surface area (Å²) >= 11 is 0. The zero-order valence-corrected chi connectivity index (χ0v) is 11.5. The Bertz CT molecular complexity index is 414. The first-order valence-corrected chi connectivity index (χ1v) is 5.49. The monoisotopic (exact) mass is 270 g/mol. The smallest absolute Gasteiger partial charge is 0.410 e. The van der Waals surface area contributed by atoms with Crippen LogP contribution in [0.2, 0.25) is 0 Å². The van der Waals surface area contributed by atoms with E-state index in [0.717, 1.165) is 11.4 Å². The van der Waals surface area contributed by atoms with Crippen LogP contribution in [-0.2, 0) is 4.74 Å². The number of para-hydroxylation sites is 2. The topological polar surface area (TPSA) is 50.8 Å². The summed E-state index contributed by atoms with van der Waals surface area (Å²) < 4.78 is 10.4. The molecule has 100 valence electrons. The normalized spacial score (nSPS) is 18.0. The van der Waals surface area contributed by atoms with Crippen LogP contribution in [-0.4, -0.2) is 44.3 Å². The molecule has 2 rings (SSSR count). The van der Waals surface area contributed by atoms with Gasteiger partial charge in [0.2, 0.25) is 0 Å². The maximum atomic E-state index is 11.2. The highest BCUT2D eigenvalue weighted by molar-refractivity contribution is 7.59. The van der Waals surface area contributed by atoms with Crippen LogP contribution in [0.15, 0.2) is 24.3 Å². The van der Waals surface area contributed by atoms with Gasteiger partial charge >= 0.3 is 6.09 Å². The zero-order chi connectivity index (χ0) is 12.3. The quantitative estimate of drug-likeness (QED) is 0.904. The molecule has 1 amide bonds. The summed E-state index contributed by atoms with van der Waals surface area (Å²) in [5, 5.41) is 3.22. The van der Waals surface area contributed by atoms with Crippen LogP contribution >= 0.6 is 13.5 Å². The molecule has 0 aromatic heterocycles. The Morgan fingerprint density at radius 2 is 2.22 bits per heavy atom. The third kappa shape index (κ3) is 3.22. The van der Waals surface area contributed by atoms with Crippen LogP contribution in [0.25, 0.3) is 0 Å². The fraction of sp³-hybridized carbons (Fsp3) is 0.417. The van der Waals surface area contributed by atoms with Crippen LogP contribution in [0.4, 0.5) is 10.5 Å². The number of ether oxygens (including phenoxy) is 2. The molecule has 6 heteroatoms. The third-order valence-electron chi connectivity index (χ3n) is 2.68. The molecule has 1 N–H and O–H groups in total. The van der Waals surface area contributed by atoms with E-state index in [1.54, 1.807) is 19.1 Å². The molecular weight excluding hydrogens is 252 g/mol. The molecule has 5 nitrogen and oxygen atoms in total. The van der Waals surface area contributed by atoms with Gasteiger partial charge in [-0.2, -0.15) is 13.5 Å². The molecule has 18 heavy (non-hydrogen) atoms. The van der Waals surface area contributed by atoms with Gasteiger partial charge in [0.15, 0.2) is 0 Å². The predicted octanol–water partition coefficient (Wildman–Crippen LogP) is 1.67. The van der Waals surface area contributed by atoms with Crippen molar-refractivity contribution in [1.82, 2.24) is 4.90 Å². The Balaban J connectivity index is 0.00000162. The summed E-state index contributed by atoms with van der Waals surface area (Å²) in [7, 11) is 3.36. The van der Waals surface area contributed by atoms with Gasteiger partial charge in [-0.25, -0.2) is 4.79 Å². The molecule has 0 aliphatic carbocycles. The summed E-state index contributed by atoms with van der Waals surface area (Å²) in [6, 6.07) is 7.65. The van der Waals surface area contributed by atoms with Gasteiger partial charge < -0.3 is 19.7 Å². The lowest BCUT2D eigenvalue weighted by Gasteiger charge is -2.13. The van der Waals surface area contributed by atoms with Gasteiger partial charge in [0, 0.05) is 7.05 Å². The number of anilines is 1. The van der Waals surface area contributed by atoms with Crippen molar-refractivity contribution in [3.05, 3.63) is 24.3 Å². The summed E-state index contributed by atoms with van der Waals surface area (Å²) in [6.45, 7) is 1.19. The molecule has 1 aliphatic heterocycles. The maximum Gasteiger partial charge on any atom is 0.410 e. The number of benzene rings is 1. The number of nitrogens with zero attached hydrogens (tertiary/aromatic N) is 1. The molecule has 1 aromatic carbocycles. The number of methoxy groups -OCH3 is 1. The van der Waals surface area contributed by atoms with Crippen molar-refractivity contribution < 1.29 is 14.3 Å². The van der Waals surface area contributed by atoms with E-state index in [9.17, 15) is 4.79 Å². The number of likely N-dealkylation sites (N-methyl/N-ethyl adjacent to an activating group) is 1. The second-order valence-electron chi connectivity index (χ2n) is 3.97. The molecule has 1 heterocycles. The van der Waals surface area contributed by atoms with Gasteiger partial charge in [-0.1, -0.05) is 12.1 Å². The number of amides is 1. The van der Waals surface area contributed by atoms with E-state index in [0.29, 0.717) is 13.1 Å². The lowest BCUT2D eigenvalue weighted by atomic mass is 10.2. The number of nitrogens with one attached hydrogen (secondary N) is 1. The average Bonchev–Trinajstić information content (AvgIpc) is 2.66. The molecule has 1 atom stereocenters. The van der Waals surface area contributed by atoms with Gasteiger partial charge in [-0.3, -0.25) is 0 Å². The minimum atomic E-state index is -0.267. The van der Waals surface area contributed by atoms with Gasteiger partial charge in [0.05, 0.1) is 25.9 Å². The predicted molar refractivity (Wildman–Crippen MR) is 74.8 cm³/mol. The zero-order valence-electron chi connectivity index (χ0n) is 10.5. The van der Waals surface area contributed by atoms with Gasteiger partial charge in [0.1, 0.15) is 11.9 Å². The Kier molecular flexibility index (Phi) is 5.15. The minimum absolute atomic E-state index is 0. The van der Waals surface area contributed by atoms with Crippen molar-refractivity contribution in [3.8, 4) is 5.75 Å². The van der Waals surface area contributed by atoms with E-state index >= 15 is 0 Å². The van der Waals surface area contributed by atoms with Crippen LogP contribution < -0.4 is 10.1 Å². The van der Waals surface area contributed by atoms with Gasteiger partial charge in [-0.05, 0) is 12.1 Å². The highest BCUT2D eigenvalue weighted by Gasteiger charge is 2.27. The minimum Gasteiger partial charge on any atom is -0.495 e. The molecule has 1 saturated heterocycles. The second kappa shape index (κ2) is 6.39. The van der Waals surface area contributed by atoms with Crippen LogP contribution in [0, 0.1) is 0 Å². The first kappa shape index (κ1) is 14.5. The Labute approximate surface area is 114 Å². The summed E-state index contributed by atoms with van der Waals surface area (Å²) in [5.41, 5.74) is 0.903. The molecule has 1 fully saturated rings. The van der Waals surface area contributed by atoms with Crippen molar-refractivity contribution in [2.75, 3.05) is 32.6 Å². The molecule has 0 bridgehead atoms. The first-order chi connectivity index (χ1) is 8.20. The number of carbonyl (C=O) groups excluding carboxylic acids is 1. The SMILES string of the molecule is COc1ccccc1NC[C@H]1CN(C)C(=O)O1.S.